The van der Waals surface area contributed by atoms with E-state index in [0.717, 1.165) is 5.39 Å². The largest absolute Gasteiger partial charge is 0.385 e. The molecule has 0 radical (unpaired) electrons. The molecular formula is C14H18N2O2S. The molecule has 0 fully saturated rings. The third-order valence-corrected chi connectivity index (χ3v) is 4.07. The van der Waals surface area contributed by atoms with Gasteiger partial charge in [0.15, 0.2) is 0 Å². The van der Waals surface area contributed by atoms with E-state index in [0.29, 0.717) is 23.4 Å². The average Bonchev–Trinajstić information content (AvgIpc) is 2.36. The van der Waals surface area contributed by atoms with Crippen LogP contribution in [-0.2, 0) is 10.8 Å². The second-order valence-corrected chi connectivity index (χ2v) is 6.30. The summed E-state index contributed by atoms with van der Waals surface area (Å²) >= 11 is 0. The fraction of sp³-hybridized carbons (Fsp3) is 0.357. The molecule has 0 amide bonds. The van der Waals surface area contributed by atoms with E-state index < -0.39 is 10.8 Å². The summed E-state index contributed by atoms with van der Waals surface area (Å²) in [5, 5.41) is 1.52. The molecule has 1 heterocycles. The van der Waals surface area contributed by atoms with E-state index in [1.807, 2.05) is 31.2 Å². The van der Waals surface area contributed by atoms with Crippen LogP contribution in [-0.4, -0.2) is 20.8 Å². The van der Waals surface area contributed by atoms with Gasteiger partial charge >= 0.3 is 0 Å². The Morgan fingerprint density at radius 2 is 2.05 bits per heavy atom. The highest BCUT2D eigenvalue weighted by Gasteiger charge is 2.13. The molecule has 5 heteroatoms. The zero-order valence-corrected chi connectivity index (χ0v) is 11.9. The standard InChI is InChI=1S/C14H18N2O2S/c1-10(7-8-19(2)18)16-13(15)9-11-5-3-4-6-12(11)14(16)17/h3-6,9-10H,7-8,15H2,1-2H3. The van der Waals surface area contributed by atoms with Crippen molar-refractivity contribution in [2.75, 3.05) is 17.7 Å². The maximum absolute atomic E-state index is 12.4. The number of nitrogens with zero attached hydrogens (tertiary/aromatic N) is 1. The Morgan fingerprint density at radius 1 is 1.37 bits per heavy atom. The van der Waals surface area contributed by atoms with E-state index in [2.05, 4.69) is 0 Å². The van der Waals surface area contributed by atoms with E-state index in [1.165, 1.54) is 0 Å². The van der Waals surface area contributed by atoms with Gasteiger partial charge in [-0.25, -0.2) is 0 Å². The van der Waals surface area contributed by atoms with E-state index in [4.69, 9.17) is 5.73 Å². The topological polar surface area (TPSA) is 65.1 Å². The Labute approximate surface area is 114 Å². The van der Waals surface area contributed by atoms with Crippen LogP contribution in [0.3, 0.4) is 0 Å². The van der Waals surface area contributed by atoms with Crippen molar-refractivity contribution in [3.63, 3.8) is 0 Å². The molecule has 0 aliphatic rings. The van der Waals surface area contributed by atoms with Crippen LogP contribution in [0.15, 0.2) is 35.1 Å². The minimum atomic E-state index is -0.856. The lowest BCUT2D eigenvalue weighted by atomic mass is 10.1. The Balaban J connectivity index is 2.48. The SMILES string of the molecule is CC(CCS(C)=O)n1c(N)cc2ccccc2c1=O. The highest BCUT2D eigenvalue weighted by atomic mass is 32.2. The normalized spacial score (nSPS) is 14.4. The first kappa shape index (κ1) is 13.8. The van der Waals surface area contributed by atoms with Crippen molar-refractivity contribution in [2.24, 2.45) is 0 Å². The first-order valence-corrected chi connectivity index (χ1v) is 7.93. The summed E-state index contributed by atoms with van der Waals surface area (Å²) in [6.45, 7) is 1.93. The maximum atomic E-state index is 12.4. The number of aromatic nitrogens is 1. The maximum Gasteiger partial charge on any atom is 0.260 e. The molecule has 0 aliphatic heterocycles. The second kappa shape index (κ2) is 5.57. The number of pyridine rings is 1. The molecule has 1 aromatic carbocycles. The Hall–Kier alpha value is -1.62. The van der Waals surface area contributed by atoms with Crippen molar-refractivity contribution >= 4 is 27.4 Å². The van der Waals surface area contributed by atoms with Gasteiger partial charge in [0, 0.05) is 34.2 Å². The number of hydrogen-bond donors (Lipinski definition) is 1. The molecule has 4 nitrogen and oxygen atoms in total. The Morgan fingerprint density at radius 3 is 2.74 bits per heavy atom. The van der Waals surface area contributed by atoms with Gasteiger partial charge in [0.05, 0.1) is 0 Å². The molecule has 0 saturated carbocycles. The molecule has 2 aromatic rings. The van der Waals surface area contributed by atoms with E-state index in [9.17, 15) is 9.00 Å². The molecule has 2 unspecified atom stereocenters. The van der Waals surface area contributed by atoms with Gasteiger partial charge in [-0.3, -0.25) is 13.6 Å². The first-order valence-electron chi connectivity index (χ1n) is 6.20. The van der Waals surface area contributed by atoms with Crippen molar-refractivity contribution in [3.05, 3.63) is 40.7 Å². The predicted octanol–water partition coefficient (Wildman–Crippen LogP) is 1.91. The molecule has 19 heavy (non-hydrogen) atoms. The van der Waals surface area contributed by atoms with Gasteiger partial charge in [-0.2, -0.15) is 0 Å². The lowest BCUT2D eigenvalue weighted by Crippen LogP contribution is -2.26. The fourth-order valence-corrected chi connectivity index (χ4v) is 2.89. The molecule has 0 saturated heterocycles. The zero-order valence-electron chi connectivity index (χ0n) is 11.1. The van der Waals surface area contributed by atoms with Crippen LogP contribution in [0, 0.1) is 0 Å². The number of rotatable bonds is 4. The summed E-state index contributed by atoms with van der Waals surface area (Å²) in [6.07, 6.45) is 2.34. The highest BCUT2D eigenvalue weighted by Crippen LogP contribution is 2.18. The van der Waals surface area contributed by atoms with Crippen LogP contribution in [0.2, 0.25) is 0 Å². The number of fused-ring (bicyclic) bond motifs is 1. The molecule has 2 N–H and O–H groups in total. The van der Waals surface area contributed by atoms with Gasteiger partial charge in [0.1, 0.15) is 5.82 Å². The van der Waals surface area contributed by atoms with Crippen molar-refractivity contribution in [1.82, 2.24) is 4.57 Å². The lowest BCUT2D eigenvalue weighted by Gasteiger charge is -2.18. The molecular weight excluding hydrogens is 260 g/mol. The monoisotopic (exact) mass is 278 g/mol. The molecule has 2 rings (SSSR count). The number of benzene rings is 1. The van der Waals surface area contributed by atoms with Crippen LogP contribution in [0.1, 0.15) is 19.4 Å². The smallest absolute Gasteiger partial charge is 0.260 e. The molecule has 1 aromatic heterocycles. The fourth-order valence-electron chi connectivity index (χ4n) is 2.21. The van der Waals surface area contributed by atoms with Gasteiger partial charge in [-0.05, 0) is 30.9 Å². The number of nitrogens with two attached hydrogens (primary N) is 1. The molecule has 0 spiro atoms. The van der Waals surface area contributed by atoms with Crippen LogP contribution in [0.4, 0.5) is 5.82 Å². The van der Waals surface area contributed by atoms with Gasteiger partial charge in [-0.15, -0.1) is 0 Å². The third kappa shape index (κ3) is 2.87. The Kier molecular flexibility index (Phi) is 4.04. The van der Waals surface area contributed by atoms with Crippen LogP contribution in [0.5, 0.6) is 0 Å². The van der Waals surface area contributed by atoms with Gasteiger partial charge in [-0.1, -0.05) is 18.2 Å². The summed E-state index contributed by atoms with van der Waals surface area (Å²) in [5.74, 6) is 1.03. The summed E-state index contributed by atoms with van der Waals surface area (Å²) in [4.78, 5) is 12.4. The minimum absolute atomic E-state index is 0.0546. The van der Waals surface area contributed by atoms with Crippen molar-refractivity contribution < 1.29 is 4.21 Å². The summed E-state index contributed by atoms with van der Waals surface area (Å²) in [6, 6.07) is 9.17. The van der Waals surface area contributed by atoms with Gasteiger partial charge in [0.25, 0.3) is 5.56 Å². The highest BCUT2D eigenvalue weighted by molar-refractivity contribution is 7.84. The van der Waals surface area contributed by atoms with Crippen molar-refractivity contribution in [1.29, 1.82) is 0 Å². The Bertz CT molecular complexity index is 679. The van der Waals surface area contributed by atoms with Crippen molar-refractivity contribution in [3.8, 4) is 0 Å². The number of anilines is 1. The molecule has 2 atom stereocenters. The van der Waals surface area contributed by atoms with Gasteiger partial charge < -0.3 is 5.73 Å². The zero-order chi connectivity index (χ0) is 14.0. The lowest BCUT2D eigenvalue weighted by molar-refractivity contribution is 0.525. The molecule has 0 bridgehead atoms. The van der Waals surface area contributed by atoms with E-state index in [1.54, 1.807) is 16.9 Å². The molecule has 102 valence electrons. The first-order chi connectivity index (χ1) is 9.00. The third-order valence-electron chi connectivity index (χ3n) is 3.26. The summed E-state index contributed by atoms with van der Waals surface area (Å²) in [7, 11) is -0.856. The van der Waals surface area contributed by atoms with Crippen LogP contribution < -0.4 is 11.3 Å². The summed E-state index contributed by atoms with van der Waals surface area (Å²) < 4.78 is 12.7. The van der Waals surface area contributed by atoms with Crippen LogP contribution >= 0.6 is 0 Å². The molecule has 0 aliphatic carbocycles. The van der Waals surface area contributed by atoms with Gasteiger partial charge in [0.2, 0.25) is 0 Å². The van der Waals surface area contributed by atoms with Crippen LogP contribution in [0.25, 0.3) is 10.8 Å². The number of nitrogen functional groups attached to an aromatic ring is 1. The average molecular weight is 278 g/mol. The second-order valence-electron chi connectivity index (χ2n) is 4.75. The van der Waals surface area contributed by atoms with Crippen molar-refractivity contribution in [2.45, 2.75) is 19.4 Å². The minimum Gasteiger partial charge on any atom is -0.385 e. The number of hydrogen-bond acceptors (Lipinski definition) is 3. The summed E-state index contributed by atoms with van der Waals surface area (Å²) in [5.41, 5.74) is 5.90. The predicted molar refractivity (Wildman–Crippen MR) is 80.9 cm³/mol. The van der Waals surface area contributed by atoms with E-state index in [-0.39, 0.29) is 11.6 Å². The van der Waals surface area contributed by atoms with E-state index >= 15 is 0 Å². The quantitative estimate of drug-likeness (QED) is 0.929.